The minimum absolute atomic E-state index is 0.114. The summed E-state index contributed by atoms with van der Waals surface area (Å²) < 4.78 is 0. The molecule has 2 amide bonds. The smallest absolute Gasteiger partial charge is 0.268 e. The highest BCUT2D eigenvalue weighted by molar-refractivity contribution is 5.97. The fourth-order valence-corrected chi connectivity index (χ4v) is 1.68. The van der Waals surface area contributed by atoms with Gasteiger partial charge in [-0.25, -0.2) is 0 Å². The monoisotopic (exact) mass is 260 g/mol. The van der Waals surface area contributed by atoms with Gasteiger partial charge in [-0.05, 0) is 31.9 Å². The van der Waals surface area contributed by atoms with Gasteiger partial charge in [0.25, 0.3) is 5.91 Å². The quantitative estimate of drug-likeness (QED) is 0.816. The van der Waals surface area contributed by atoms with Gasteiger partial charge < -0.3 is 10.6 Å². The molecular weight excluding hydrogens is 240 g/mol. The van der Waals surface area contributed by atoms with E-state index in [9.17, 15) is 9.59 Å². The Labute approximate surface area is 113 Å². The van der Waals surface area contributed by atoms with E-state index in [4.69, 9.17) is 0 Å². The van der Waals surface area contributed by atoms with Crippen LogP contribution in [-0.4, -0.2) is 11.8 Å². The van der Waals surface area contributed by atoms with E-state index >= 15 is 0 Å². The molecule has 1 rings (SSSR count). The Bertz CT molecular complexity index is 488. The maximum atomic E-state index is 12.1. The molecule has 0 heterocycles. The molecule has 0 spiro atoms. The van der Waals surface area contributed by atoms with Gasteiger partial charge in [0.15, 0.2) is 0 Å². The van der Waals surface area contributed by atoms with Gasteiger partial charge in [-0.15, -0.1) is 0 Å². The summed E-state index contributed by atoms with van der Waals surface area (Å²) in [4.78, 5) is 23.2. The van der Waals surface area contributed by atoms with Gasteiger partial charge in [0, 0.05) is 6.92 Å². The van der Waals surface area contributed by atoms with Crippen LogP contribution in [-0.2, 0) is 9.59 Å². The SMILES string of the molecule is CC(=O)NC(C(=O)N[C@@H](C)c1ccccc1)=C(C)C. The van der Waals surface area contributed by atoms with Crippen LogP contribution in [0.15, 0.2) is 41.6 Å². The molecule has 0 saturated heterocycles. The summed E-state index contributed by atoms with van der Waals surface area (Å²) in [5.74, 6) is -0.523. The molecule has 0 saturated carbocycles. The second-order valence-electron chi connectivity index (χ2n) is 4.66. The van der Waals surface area contributed by atoms with E-state index in [1.807, 2.05) is 37.3 Å². The topological polar surface area (TPSA) is 58.2 Å². The number of nitrogens with one attached hydrogen (secondary N) is 2. The molecule has 0 bridgehead atoms. The van der Waals surface area contributed by atoms with E-state index < -0.39 is 0 Å². The van der Waals surface area contributed by atoms with Crippen LogP contribution >= 0.6 is 0 Å². The predicted molar refractivity (Wildman–Crippen MR) is 75.2 cm³/mol. The van der Waals surface area contributed by atoms with Gasteiger partial charge in [-0.2, -0.15) is 0 Å². The molecule has 0 aliphatic heterocycles. The van der Waals surface area contributed by atoms with Crippen LogP contribution in [0.3, 0.4) is 0 Å². The number of amides is 2. The Hall–Kier alpha value is -2.10. The summed E-state index contributed by atoms with van der Waals surface area (Å²) >= 11 is 0. The average molecular weight is 260 g/mol. The minimum Gasteiger partial charge on any atom is -0.344 e. The van der Waals surface area contributed by atoms with Crippen molar-refractivity contribution in [2.75, 3.05) is 0 Å². The normalized spacial score (nSPS) is 11.4. The van der Waals surface area contributed by atoms with Crippen molar-refractivity contribution in [2.24, 2.45) is 0 Å². The zero-order chi connectivity index (χ0) is 14.4. The van der Waals surface area contributed by atoms with Gasteiger partial charge in [0.2, 0.25) is 5.91 Å². The molecule has 19 heavy (non-hydrogen) atoms. The lowest BCUT2D eigenvalue weighted by Crippen LogP contribution is -2.36. The van der Waals surface area contributed by atoms with E-state index in [-0.39, 0.29) is 17.9 Å². The second-order valence-corrected chi connectivity index (χ2v) is 4.66. The van der Waals surface area contributed by atoms with E-state index in [0.29, 0.717) is 5.70 Å². The third-order valence-electron chi connectivity index (χ3n) is 2.68. The van der Waals surface area contributed by atoms with E-state index in [0.717, 1.165) is 11.1 Å². The number of allylic oxidation sites excluding steroid dienone is 1. The maximum Gasteiger partial charge on any atom is 0.268 e. The average Bonchev–Trinajstić information content (AvgIpc) is 2.36. The van der Waals surface area contributed by atoms with Crippen molar-refractivity contribution >= 4 is 11.8 Å². The van der Waals surface area contributed by atoms with Crippen molar-refractivity contribution in [1.82, 2.24) is 10.6 Å². The molecule has 0 fully saturated rings. The number of hydrogen-bond donors (Lipinski definition) is 2. The second kappa shape index (κ2) is 6.73. The van der Waals surface area contributed by atoms with Gasteiger partial charge in [0.05, 0.1) is 6.04 Å². The van der Waals surface area contributed by atoms with Crippen LogP contribution < -0.4 is 10.6 Å². The number of carbonyl (C=O) groups is 2. The predicted octanol–water partition coefficient (Wildman–Crippen LogP) is 2.29. The largest absolute Gasteiger partial charge is 0.344 e. The lowest BCUT2D eigenvalue weighted by atomic mass is 10.1. The highest BCUT2D eigenvalue weighted by Crippen LogP contribution is 2.12. The lowest BCUT2D eigenvalue weighted by molar-refractivity contribution is -0.122. The van der Waals surface area contributed by atoms with Crippen LogP contribution in [0, 0.1) is 0 Å². The summed E-state index contributed by atoms with van der Waals surface area (Å²) in [5, 5.41) is 5.44. The van der Waals surface area contributed by atoms with Gasteiger partial charge in [0.1, 0.15) is 5.70 Å². The Morgan fingerprint density at radius 1 is 1.05 bits per heavy atom. The molecule has 0 radical (unpaired) electrons. The van der Waals surface area contributed by atoms with Crippen LogP contribution in [0.25, 0.3) is 0 Å². The maximum absolute atomic E-state index is 12.1. The van der Waals surface area contributed by atoms with Crippen molar-refractivity contribution in [1.29, 1.82) is 0 Å². The molecule has 0 aromatic heterocycles. The summed E-state index contributed by atoms with van der Waals surface area (Å²) in [7, 11) is 0. The summed E-state index contributed by atoms with van der Waals surface area (Å²) in [6.07, 6.45) is 0. The Morgan fingerprint density at radius 2 is 1.63 bits per heavy atom. The highest BCUT2D eigenvalue weighted by Gasteiger charge is 2.15. The molecule has 2 N–H and O–H groups in total. The highest BCUT2D eigenvalue weighted by atomic mass is 16.2. The van der Waals surface area contributed by atoms with Gasteiger partial charge in [-0.3, -0.25) is 9.59 Å². The Balaban J connectivity index is 2.78. The molecule has 0 aliphatic carbocycles. The molecule has 4 nitrogen and oxygen atoms in total. The fraction of sp³-hybridized carbons (Fsp3) is 0.333. The summed E-state index contributed by atoms with van der Waals surface area (Å²) in [5.41, 5.74) is 2.11. The molecule has 1 atom stereocenters. The van der Waals surface area contributed by atoms with Crippen molar-refractivity contribution in [3.05, 3.63) is 47.2 Å². The van der Waals surface area contributed by atoms with Gasteiger partial charge >= 0.3 is 0 Å². The fourth-order valence-electron chi connectivity index (χ4n) is 1.68. The van der Waals surface area contributed by atoms with Crippen molar-refractivity contribution in [3.8, 4) is 0 Å². The Morgan fingerprint density at radius 3 is 2.11 bits per heavy atom. The van der Waals surface area contributed by atoms with E-state index in [1.165, 1.54) is 6.92 Å². The molecule has 102 valence electrons. The minimum atomic E-state index is -0.272. The zero-order valence-corrected chi connectivity index (χ0v) is 11.8. The molecule has 0 aliphatic rings. The zero-order valence-electron chi connectivity index (χ0n) is 11.8. The first-order chi connectivity index (χ1) is 8.91. The molecule has 1 aromatic carbocycles. The number of hydrogen-bond acceptors (Lipinski definition) is 2. The molecular formula is C15H20N2O2. The first kappa shape index (κ1) is 15.0. The van der Waals surface area contributed by atoms with E-state index in [1.54, 1.807) is 13.8 Å². The third-order valence-corrected chi connectivity index (χ3v) is 2.68. The van der Waals surface area contributed by atoms with Crippen molar-refractivity contribution < 1.29 is 9.59 Å². The van der Waals surface area contributed by atoms with Crippen LogP contribution in [0.4, 0.5) is 0 Å². The lowest BCUT2D eigenvalue weighted by Gasteiger charge is -2.17. The van der Waals surface area contributed by atoms with E-state index in [2.05, 4.69) is 10.6 Å². The van der Waals surface area contributed by atoms with Crippen LogP contribution in [0.5, 0.6) is 0 Å². The third kappa shape index (κ3) is 4.58. The number of carbonyl (C=O) groups excluding carboxylic acids is 2. The summed E-state index contributed by atoms with van der Waals surface area (Å²) in [6.45, 7) is 6.87. The van der Waals surface area contributed by atoms with Crippen LogP contribution in [0.2, 0.25) is 0 Å². The van der Waals surface area contributed by atoms with Gasteiger partial charge in [-0.1, -0.05) is 30.3 Å². The van der Waals surface area contributed by atoms with Crippen molar-refractivity contribution in [2.45, 2.75) is 33.7 Å². The van der Waals surface area contributed by atoms with Crippen molar-refractivity contribution in [3.63, 3.8) is 0 Å². The number of rotatable bonds is 4. The summed E-state index contributed by atoms with van der Waals surface area (Å²) in [6, 6.07) is 9.56. The first-order valence-corrected chi connectivity index (χ1v) is 6.22. The standard InChI is InChI=1S/C15H20N2O2/c1-10(2)14(17-12(4)18)15(19)16-11(3)13-8-6-5-7-9-13/h5-9,11H,1-4H3,(H,16,19)(H,17,18)/t11-/m0/s1. The Kier molecular flexibility index (Phi) is 5.30. The molecule has 1 aromatic rings. The number of benzene rings is 1. The first-order valence-electron chi connectivity index (χ1n) is 6.22. The molecule has 4 heteroatoms. The van der Waals surface area contributed by atoms with Crippen LogP contribution in [0.1, 0.15) is 39.3 Å². The molecule has 0 unspecified atom stereocenters.